The van der Waals surface area contributed by atoms with Crippen LogP contribution in [0.3, 0.4) is 0 Å². The average Bonchev–Trinajstić information content (AvgIpc) is 3.47. The van der Waals surface area contributed by atoms with Crippen LogP contribution in [-0.4, -0.2) is 68.8 Å². The van der Waals surface area contributed by atoms with E-state index in [1.165, 1.54) is 23.8 Å². The second-order valence-corrected chi connectivity index (χ2v) is 19.0. The minimum atomic E-state index is -4.63. The molecule has 4 N–H and O–H groups in total. The number of nitrogens with zero attached hydrogens (tertiary/aromatic N) is 2. The van der Waals surface area contributed by atoms with Gasteiger partial charge in [-0.05, 0) is 118 Å². The Balaban J connectivity index is 1.32. The smallest absolute Gasteiger partial charge is 0.294 e. The Morgan fingerprint density at radius 1 is 0.893 bits per heavy atom. The first kappa shape index (κ1) is 43.2. The van der Waals surface area contributed by atoms with Crippen molar-refractivity contribution >= 4 is 43.2 Å². The van der Waals surface area contributed by atoms with Gasteiger partial charge in [0.05, 0.1) is 15.2 Å². The van der Waals surface area contributed by atoms with Crippen molar-refractivity contribution in [3.63, 3.8) is 0 Å². The Hall–Kier alpha value is -3.88. The van der Waals surface area contributed by atoms with Crippen molar-refractivity contribution in [2.75, 3.05) is 31.6 Å². The zero-order chi connectivity index (χ0) is 40.9. The Labute approximate surface area is 333 Å². The molecule has 0 saturated carbocycles. The topological polar surface area (TPSA) is 173 Å². The SMILES string of the molecule is C[N+]1=C(/C=C/C2=CC(=C/C=C3\N(CCCCCC(=O)NCCCCCCN)c4ccc(S(=O)(=O)[O-])cc4C3(C)C)/CCC2)C(C)(C)c2cc(S(=O)(=O)O)ccc21. The highest BCUT2D eigenvalue weighted by atomic mass is 32.2. The average molecular weight is 807 g/mol. The Kier molecular flexibility index (Phi) is 13.7. The molecule has 1 amide bonds. The van der Waals surface area contributed by atoms with Crippen molar-refractivity contribution in [3.8, 4) is 0 Å². The number of fused-ring (bicyclic) bond motifs is 2. The number of allylic oxidation sites excluding steroid dienone is 8. The van der Waals surface area contributed by atoms with E-state index in [0.717, 1.165) is 104 Å². The lowest BCUT2D eigenvalue weighted by Crippen LogP contribution is -2.27. The van der Waals surface area contributed by atoms with Gasteiger partial charge in [0.2, 0.25) is 11.6 Å². The van der Waals surface area contributed by atoms with E-state index in [1.54, 1.807) is 18.2 Å². The predicted molar refractivity (Wildman–Crippen MR) is 221 cm³/mol. The molecule has 2 aromatic rings. The van der Waals surface area contributed by atoms with Crippen molar-refractivity contribution in [2.24, 2.45) is 5.73 Å². The van der Waals surface area contributed by atoms with E-state index in [9.17, 15) is 30.7 Å². The van der Waals surface area contributed by atoms with Gasteiger partial charge in [-0.1, -0.05) is 51.3 Å². The fraction of sp³-hybridized carbons (Fsp3) is 0.488. The van der Waals surface area contributed by atoms with Gasteiger partial charge in [0.25, 0.3) is 10.1 Å². The summed E-state index contributed by atoms with van der Waals surface area (Å²) in [7, 11) is -7.00. The molecule has 0 radical (unpaired) electrons. The lowest BCUT2D eigenvalue weighted by molar-refractivity contribution is -0.401. The van der Waals surface area contributed by atoms with Crippen molar-refractivity contribution in [2.45, 2.75) is 119 Å². The molecule has 11 nitrogen and oxygen atoms in total. The molecule has 0 fully saturated rings. The lowest BCUT2D eigenvalue weighted by atomic mass is 9.81. The molecule has 0 bridgehead atoms. The van der Waals surface area contributed by atoms with E-state index in [0.29, 0.717) is 26.1 Å². The predicted octanol–water partition coefficient (Wildman–Crippen LogP) is 7.31. The summed E-state index contributed by atoms with van der Waals surface area (Å²) in [5, 5.41) is 3.02. The van der Waals surface area contributed by atoms with Crippen LogP contribution in [0.25, 0.3) is 0 Å². The number of nitrogens with one attached hydrogen (secondary N) is 1. The van der Waals surface area contributed by atoms with E-state index in [1.807, 2.05) is 20.9 Å². The number of rotatable bonds is 17. The number of anilines is 1. The van der Waals surface area contributed by atoms with Gasteiger partial charge in [-0.2, -0.15) is 13.0 Å². The van der Waals surface area contributed by atoms with E-state index >= 15 is 0 Å². The quantitative estimate of drug-likeness (QED) is 0.0842. The highest BCUT2D eigenvalue weighted by Gasteiger charge is 2.44. The van der Waals surface area contributed by atoms with E-state index in [2.05, 4.69) is 59.0 Å². The molecule has 0 atom stereocenters. The summed E-state index contributed by atoms with van der Waals surface area (Å²) in [6.45, 7) is 10.3. The van der Waals surface area contributed by atoms with Crippen LogP contribution in [0, 0.1) is 0 Å². The molecule has 304 valence electrons. The molecular weight excluding hydrogens is 749 g/mol. The largest absolute Gasteiger partial charge is 0.744 e. The van der Waals surface area contributed by atoms with Crippen molar-refractivity contribution < 1.29 is 35.3 Å². The van der Waals surface area contributed by atoms with Crippen molar-refractivity contribution in [1.29, 1.82) is 0 Å². The maximum Gasteiger partial charge on any atom is 0.294 e. The van der Waals surface area contributed by atoms with Crippen LogP contribution >= 0.6 is 0 Å². The molecule has 1 aliphatic carbocycles. The van der Waals surface area contributed by atoms with Crippen LogP contribution < -0.4 is 16.0 Å². The number of amides is 1. The summed E-state index contributed by atoms with van der Waals surface area (Å²) in [6, 6.07) is 9.35. The number of carbonyl (C=O) groups excluding carboxylic acids is 1. The third-order valence-electron chi connectivity index (χ3n) is 11.4. The summed E-state index contributed by atoms with van der Waals surface area (Å²) in [5.41, 5.74) is 12.2. The number of hydrogen-bond donors (Lipinski definition) is 3. The fourth-order valence-corrected chi connectivity index (χ4v) is 9.22. The van der Waals surface area contributed by atoms with Crippen molar-refractivity contribution in [1.82, 2.24) is 5.32 Å². The standard InChI is InChI=1S/C43H58N4O7S2/c1-42(2)35-29-33(55(49,50)51)19-21-37(35)46(5)39(42)23-17-31-14-13-15-32(28-31)18-24-40-43(3,4)36-30-34(56(52,53)54)20-22-38(36)47(40)27-12-8-9-16-41(48)45-26-11-7-6-10-25-44/h17-24,28-30H,6-16,25-27,44H2,1-5H3,(H2-,45,48,49,50,51,52,53,54). The maximum atomic E-state index is 12.4. The number of benzene rings is 2. The normalized spacial score (nSPS) is 19.2. The second kappa shape index (κ2) is 17.7. The van der Waals surface area contributed by atoms with Crippen LogP contribution in [-0.2, 0) is 35.9 Å². The molecule has 0 unspecified atom stereocenters. The summed E-state index contributed by atoms with van der Waals surface area (Å²) in [6.07, 6.45) is 20.5. The summed E-state index contributed by atoms with van der Waals surface area (Å²) >= 11 is 0. The van der Waals surface area contributed by atoms with Gasteiger partial charge in [0.1, 0.15) is 17.2 Å². The maximum absolute atomic E-state index is 12.4. The third-order valence-corrected chi connectivity index (χ3v) is 13.1. The highest BCUT2D eigenvalue weighted by Crippen LogP contribution is 2.49. The molecule has 56 heavy (non-hydrogen) atoms. The number of unbranched alkanes of at least 4 members (excludes halogenated alkanes) is 5. The zero-order valence-corrected chi connectivity index (χ0v) is 35.1. The van der Waals surface area contributed by atoms with Crippen LogP contribution in [0.2, 0.25) is 0 Å². The first-order valence-corrected chi connectivity index (χ1v) is 22.6. The van der Waals surface area contributed by atoms with Crippen molar-refractivity contribution in [3.05, 3.63) is 94.7 Å². The van der Waals surface area contributed by atoms with E-state index in [4.69, 9.17) is 5.73 Å². The third kappa shape index (κ3) is 9.97. The minimum absolute atomic E-state index is 0.0710. The van der Waals surface area contributed by atoms with Gasteiger partial charge < -0.3 is 20.5 Å². The Morgan fingerprint density at radius 2 is 1.59 bits per heavy atom. The van der Waals surface area contributed by atoms with Gasteiger partial charge in [-0.15, -0.1) is 0 Å². The first-order chi connectivity index (χ1) is 26.4. The first-order valence-electron chi connectivity index (χ1n) is 19.7. The Bertz CT molecular complexity index is 2200. The summed E-state index contributed by atoms with van der Waals surface area (Å²) in [4.78, 5) is 14.3. The molecule has 0 spiro atoms. The number of nitrogens with two attached hydrogens (primary N) is 1. The van der Waals surface area contributed by atoms with E-state index in [-0.39, 0.29) is 15.7 Å². The van der Waals surface area contributed by atoms with Crippen LogP contribution in [0.5, 0.6) is 0 Å². The zero-order valence-electron chi connectivity index (χ0n) is 33.4. The van der Waals surface area contributed by atoms with E-state index < -0.39 is 31.1 Å². The molecule has 13 heteroatoms. The molecule has 3 aliphatic rings. The highest BCUT2D eigenvalue weighted by molar-refractivity contribution is 7.86. The van der Waals surface area contributed by atoms with Gasteiger partial charge in [-0.25, -0.2) is 8.42 Å². The van der Waals surface area contributed by atoms with Gasteiger partial charge in [0.15, 0.2) is 5.71 Å². The van der Waals surface area contributed by atoms with Gasteiger partial charge in [0, 0.05) is 54.0 Å². The number of carbonyl (C=O) groups is 1. The monoisotopic (exact) mass is 806 g/mol. The van der Waals surface area contributed by atoms with Gasteiger partial charge >= 0.3 is 0 Å². The fourth-order valence-electron chi connectivity index (χ4n) is 8.21. The molecule has 0 saturated heterocycles. The molecule has 5 rings (SSSR count). The second-order valence-electron chi connectivity index (χ2n) is 16.2. The molecule has 2 aliphatic heterocycles. The summed E-state index contributed by atoms with van der Waals surface area (Å²) < 4.78 is 71.5. The number of hydrogen-bond acceptors (Lipinski definition) is 8. The van der Waals surface area contributed by atoms with Crippen LogP contribution in [0.4, 0.5) is 11.4 Å². The van der Waals surface area contributed by atoms with Crippen LogP contribution in [0.15, 0.2) is 93.4 Å². The molecule has 0 aromatic heterocycles. The molecular formula is C43H58N4O7S2. The lowest BCUT2D eigenvalue weighted by Gasteiger charge is -2.27. The Morgan fingerprint density at radius 3 is 2.30 bits per heavy atom. The molecule has 2 heterocycles. The minimum Gasteiger partial charge on any atom is -0.744 e. The van der Waals surface area contributed by atoms with Crippen LogP contribution in [0.1, 0.15) is 109 Å². The van der Waals surface area contributed by atoms with Gasteiger partial charge in [-0.3, -0.25) is 9.35 Å². The summed E-state index contributed by atoms with van der Waals surface area (Å²) in [5.74, 6) is 0.0710. The molecule has 2 aromatic carbocycles.